The van der Waals surface area contributed by atoms with Crippen molar-refractivity contribution < 1.29 is 14.7 Å². The molecule has 0 fully saturated rings. The number of imidazole rings is 1. The van der Waals surface area contributed by atoms with Gasteiger partial charge in [0.05, 0.1) is 11.0 Å². The second-order valence-electron chi connectivity index (χ2n) is 3.45. The third-order valence-electron chi connectivity index (χ3n) is 2.30. The van der Waals surface area contributed by atoms with Crippen LogP contribution in [0.3, 0.4) is 0 Å². The van der Waals surface area contributed by atoms with Crippen molar-refractivity contribution in [1.29, 1.82) is 0 Å². The molecular formula is C11H13N3O3. The van der Waals surface area contributed by atoms with Crippen LogP contribution in [-0.4, -0.2) is 32.8 Å². The molecule has 1 amide bonds. The van der Waals surface area contributed by atoms with Crippen LogP contribution in [0.15, 0.2) is 24.3 Å². The van der Waals surface area contributed by atoms with Gasteiger partial charge in [0.1, 0.15) is 12.4 Å². The molecule has 6 heteroatoms. The fourth-order valence-electron chi connectivity index (χ4n) is 1.49. The highest BCUT2D eigenvalue weighted by Crippen LogP contribution is 2.11. The van der Waals surface area contributed by atoms with E-state index in [4.69, 9.17) is 9.94 Å². The lowest BCUT2D eigenvalue weighted by molar-refractivity contribution is -0.139. The number of para-hydroxylation sites is 2. The molecule has 90 valence electrons. The molecule has 17 heavy (non-hydrogen) atoms. The van der Waals surface area contributed by atoms with Crippen molar-refractivity contribution in [2.45, 2.75) is 13.5 Å². The van der Waals surface area contributed by atoms with Gasteiger partial charge < -0.3 is 10.1 Å². The number of aromatic amines is 1. The van der Waals surface area contributed by atoms with E-state index in [1.165, 1.54) is 0 Å². The van der Waals surface area contributed by atoms with Crippen LogP contribution in [-0.2, 0) is 11.4 Å². The van der Waals surface area contributed by atoms with Gasteiger partial charge in [-0.15, -0.1) is 0 Å². The molecule has 1 aromatic carbocycles. The van der Waals surface area contributed by atoms with Crippen LogP contribution in [0, 0.1) is 0 Å². The topological polar surface area (TPSA) is 78.5 Å². The number of hydrogen-bond acceptors (Lipinski definition) is 3. The summed E-state index contributed by atoms with van der Waals surface area (Å²) in [4.78, 5) is 23.1. The van der Waals surface area contributed by atoms with E-state index < -0.39 is 6.09 Å². The van der Waals surface area contributed by atoms with Gasteiger partial charge in [0.2, 0.25) is 0 Å². The largest absolute Gasteiger partial charge is 0.463 e. The van der Waals surface area contributed by atoms with Crippen LogP contribution in [0.2, 0.25) is 0 Å². The van der Waals surface area contributed by atoms with Crippen LogP contribution in [0.1, 0.15) is 12.7 Å². The van der Waals surface area contributed by atoms with Gasteiger partial charge >= 0.3 is 6.09 Å². The summed E-state index contributed by atoms with van der Waals surface area (Å²) in [5, 5.41) is 9.63. The highest BCUT2D eigenvalue weighted by molar-refractivity contribution is 5.74. The number of carboxylic acid groups (broad SMARTS) is 1. The van der Waals surface area contributed by atoms with Crippen molar-refractivity contribution in [1.82, 2.24) is 15.0 Å². The molecule has 0 unspecified atom stereocenters. The standard InChI is InChI=1S/C11H13N3O3/c1-2-14(11(15)16)17-7-10-12-8-5-3-4-6-9(8)13-10/h3-6H,2,7H2,1H3,(H,12,13)(H,15,16). The number of fused-ring (bicyclic) bond motifs is 1. The summed E-state index contributed by atoms with van der Waals surface area (Å²) >= 11 is 0. The first-order chi connectivity index (χ1) is 8.20. The van der Waals surface area contributed by atoms with Crippen molar-refractivity contribution in [2.24, 2.45) is 0 Å². The molecule has 1 heterocycles. The molecular weight excluding hydrogens is 222 g/mol. The zero-order chi connectivity index (χ0) is 12.3. The van der Waals surface area contributed by atoms with Crippen LogP contribution < -0.4 is 0 Å². The molecule has 0 radical (unpaired) electrons. The van der Waals surface area contributed by atoms with Gasteiger partial charge in [0.25, 0.3) is 0 Å². The van der Waals surface area contributed by atoms with Gasteiger partial charge in [0.15, 0.2) is 0 Å². The SMILES string of the molecule is CCN(OCc1nc2ccccc2[nH]1)C(=O)O. The van der Waals surface area contributed by atoms with Crippen molar-refractivity contribution in [3.8, 4) is 0 Å². The van der Waals surface area contributed by atoms with Crippen molar-refractivity contribution in [2.75, 3.05) is 6.54 Å². The number of nitrogens with one attached hydrogen (secondary N) is 1. The minimum atomic E-state index is -1.11. The number of aromatic nitrogens is 2. The van der Waals surface area contributed by atoms with Crippen LogP contribution in [0.4, 0.5) is 4.79 Å². The molecule has 2 N–H and O–H groups in total. The molecule has 0 aliphatic heterocycles. The average Bonchev–Trinajstić information content (AvgIpc) is 2.71. The van der Waals surface area contributed by atoms with E-state index in [9.17, 15) is 4.79 Å². The number of H-pyrrole nitrogens is 1. The van der Waals surface area contributed by atoms with E-state index in [-0.39, 0.29) is 13.2 Å². The first-order valence-corrected chi connectivity index (χ1v) is 5.27. The average molecular weight is 235 g/mol. The molecule has 0 aliphatic carbocycles. The van der Waals surface area contributed by atoms with Crippen molar-refractivity contribution >= 4 is 17.1 Å². The van der Waals surface area contributed by atoms with Gasteiger partial charge in [-0.05, 0) is 19.1 Å². The smallest absolute Gasteiger partial charge is 0.431 e. The highest BCUT2D eigenvalue weighted by atomic mass is 16.7. The Morgan fingerprint density at radius 3 is 2.94 bits per heavy atom. The Hall–Kier alpha value is -2.08. The second kappa shape index (κ2) is 4.84. The predicted octanol–water partition coefficient (Wildman–Crippen LogP) is 1.99. The van der Waals surface area contributed by atoms with E-state index in [1.807, 2.05) is 24.3 Å². The number of benzene rings is 1. The van der Waals surface area contributed by atoms with Crippen molar-refractivity contribution in [3.63, 3.8) is 0 Å². The quantitative estimate of drug-likeness (QED) is 0.794. The van der Waals surface area contributed by atoms with Crippen LogP contribution in [0.25, 0.3) is 11.0 Å². The Morgan fingerprint density at radius 1 is 1.53 bits per heavy atom. The minimum absolute atomic E-state index is 0.106. The van der Waals surface area contributed by atoms with E-state index in [0.29, 0.717) is 5.82 Å². The van der Waals surface area contributed by atoms with Crippen LogP contribution >= 0.6 is 0 Å². The van der Waals surface area contributed by atoms with Crippen molar-refractivity contribution in [3.05, 3.63) is 30.1 Å². The Balaban J connectivity index is 2.06. The molecule has 0 bridgehead atoms. The third-order valence-corrected chi connectivity index (χ3v) is 2.30. The first-order valence-electron chi connectivity index (χ1n) is 5.27. The summed E-state index contributed by atoms with van der Waals surface area (Å²) in [5.41, 5.74) is 1.74. The normalized spacial score (nSPS) is 10.6. The Labute approximate surface area is 97.8 Å². The van der Waals surface area contributed by atoms with Gasteiger partial charge in [-0.3, -0.25) is 4.84 Å². The summed E-state index contributed by atoms with van der Waals surface area (Å²) in [6, 6.07) is 7.58. The number of hydroxylamine groups is 2. The Morgan fingerprint density at radius 2 is 2.29 bits per heavy atom. The zero-order valence-corrected chi connectivity index (χ0v) is 9.38. The molecule has 6 nitrogen and oxygen atoms in total. The maximum atomic E-state index is 10.7. The predicted molar refractivity (Wildman–Crippen MR) is 61.3 cm³/mol. The lowest BCUT2D eigenvalue weighted by Crippen LogP contribution is -2.29. The minimum Gasteiger partial charge on any atom is -0.463 e. The molecule has 0 saturated carbocycles. The molecule has 0 saturated heterocycles. The van der Waals surface area contributed by atoms with E-state index in [0.717, 1.165) is 16.1 Å². The summed E-state index contributed by atoms with van der Waals surface area (Å²) < 4.78 is 0. The molecule has 2 aromatic rings. The fraction of sp³-hybridized carbons (Fsp3) is 0.273. The molecule has 2 rings (SSSR count). The van der Waals surface area contributed by atoms with Gasteiger partial charge in [-0.1, -0.05) is 12.1 Å². The number of hydrogen-bond donors (Lipinski definition) is 2. The maximum Gasteiger partial charge on any atom is 0.431 e. The monoisotopic (exact) mass is 235 g/mol. The molecule has 0 spiro atoms. The van der Waals surface area contributed by atoms with E-state index in [1.54, 1.807) is 6.92 Å². The second-order valence-corrected chi connectivity index (χ2v) is 3.45. The number of carbonyl (C=O) groups is 1. The summed E-state index contributed by atoms with van der Waals surface area (Å²) in [6.45, 7) is 2.08. The first kappa shape index (κ1) is 11.4. The van der Waals surface area contributed by atoms with Gasteiger partial charge in [0, 0.05) is 6.54 Å². The highest BCUT2D eigenvalue weighted by Gasteiger charge is 2.11. The molecule has 1 aromatic heterocycles. The maximum absolute atomic E-state index is 10.7. The summed E-state index contributed by atoms with van der Waals surface area (Å²) in [7, 11) is 0. The van der Waals surface area contributed by atoms with E-state index >= 15 is 0 Å². The number of rotatable bonds is 4. The Kier molecular flexibility index (Phi) is 3.24. The lowest BCUT2D eigenvalue weighted by atomic mass is 10.3. The van der Waals surface area contributed by atoms with Gasteiger partial charge in [-0.2, -0.15) is 5.06 Å². The number of amides is 1. The fourth-order valence-corrected chi connectivity index (χ4v) is 1.49. The molecule has 0 atom stereocenters. The number of nitrogens with zero attached hydrogens (tertiary/aromatic N) is 2. The third kappa shape index (κ3) is 2.54. The van der Waals surface area contributed by atoms with Crippen LogP contribution in [0.5, 0.6) is 0 Å². The van der Waals surface area contributed by atoms with E-state index in [2.05, 4.69) is 9.97 Å². The summed E-state index contributed by atoms with van der Waals surface area (Å²) in [5.74, 6) is 0.603. The zero-order valence-electron chi connectivity index (χ0n) is 9.38. The van der Waals surface area contributed by atoms with Gasteiger partial charge in [-0.25, -0.2) is 9.78 Å². The Bertz CT molecular complexity index is 490. The summed E-state index contributed by atoms with van der Waals surface area (Å²) in [6.07, 6.45) is -1.11. The lowest BCUT2D eigenvalue weighted by Gasteiger charge is -2.14. The molecule has 0 aliphatic rings.